The second-order valence-electron chi connectivity index (χ2n) is 10.1. The molecular formula is C21H36BN3O5. The fourth-order valence-corrected chi connectivity index (χ4v) is 5.43. The normalized spacial score (nSPS) is 34.9. The number of carbonyl (C=O) groups excluding carboxylic acids is 2. The number of carbonyl (C=O) groups is 2. The highest BCUT2D eigenvalue weighted by molar-refractivity contribution is 6.47. The number of nitrogens with two attached hydrogens (primary N) is 1. The number of morpholine rings is 1. The van der Waals surface area contributed by atoms with Crippen LogP contribution in [0, 0.1) is 17.8 Å². The van der Waals surface area contributed by atoms with E-state index in [9.17, 15) is 9.59 Å². The van der Waals surface area contributed by atoms with Gasteiger partial charge < -0.3 is 30.0 Å². The Balaban J connectivity index is 1.35. The van der Waals surface area contributed by atoms with Gasteiger partial charge in [0.15, 0.2) is 0 Å². The van der Waals surface area contributed by atoms with Crippen LogP contribution in [0.2, 0.25) is 0 Å². The van der Waals surface area contributed by atoms with Crippen LogP contribution in [-0.4, -0.2) is 73.8 Å². The molecule has 5 aliphatic rings. The molecule has 0 spiro atoms. The SMILES string of the molecule is CC(C)C[C@H](NC(=O)[C@H](N)CC(=O)N1CCOCC1)B1O[C@@H]2CC3CC(C3)[C@]2(C)O1. The number of ether oxygens (including phenoxy) is 1. The molecule has 2 bridgehead atoms. The Labute approximate surface area is 179 Å². The van der Waals surface area contributed by atoms with Gasteiger partial charge in [0.1, 0.15) is 0 Å². The van der Waals surface area contributed by atoms with Crippen LogP contribution in [0.1, 0.15) is 52.9 Å². The fraction of sp³-hybridized carbons (Fsp3) is 0.905. The Morgan fingerprint density at radius 1 is 1.23 bits per heavy atom. The maximum absolute atomic E-state index is 12.8. The molecule has 2 aliphatic heterocycles. The van der Waals surface area contributed by atoms with E-state index in [1.165, 1.54) is 12.8 Å². The standard InChI is InChI=1S/C21H36BN3O5/c1-13(2)8-18(22-29-17-11-14-9-15(10-14)21(17,3)30-22)24-20(27)16(23)12-19(26)25-4-6-28-7-5-25/h13-18H,4-12,23H2,1-3H3,(H,24,27)/t14?,15?,16-,17-,18+,21+/m1/s1. The molecule has 2 amide bonds. The number of rotatable bonds is 7. The van der Waals surface area contributed by atoms with Crippen molar-refractivity contribution in [3.05, 3.63) is 0 Å². The van der Waals surface area contributed by atoms with E-state index in [1.54, 1.807) is 4.90 Å². The highest BCUT2D eigenvalue weighted by Gasteiger charge is 2.62. The van der Waals surface area contributed by atoms with E-state index < -0.39 is 13.2 Å². The van der Waals surface area contributed by atoms with Crippen LogP contribution in [0.25, 0.3) is 0 Å². The van der Waals surface area contributed by atoms with Gasteiger partial charge in [-0.25, -0.2) is 0 Å². The van der Waals surface area contributed by atoms with Crippen molar-refractivity contribution in [2.45, 2.75) is 76.6 Å². The van der Waals surface area contributed by atoms with Crippen molar-refractivity contribution in [2.75, 3.05) is 26.3 Å². The predicted octanol–water partition coefficient (Wildman–Crippen LogP) is 0.725. The number of amides is 2. The van der Waals surface area contributed by atoms with Crippen LogP contribution >= 0.6 is 0 Å². The predicted molar refractivity (Wildman–Crippen MR) is 112 cm³/mol. The smallest absolute Gasteiger partial charge is 0.404 e. The molecule has 3 saturated carbocycles. The summed E-state index contributed by atoms with van der Waals surface area (Å²) < 4.78 is 18.1. The topological polar surface area (TPSA) is 103 Å². The van der Waals surface area contributed by atoms with Crippen LogP contribution in [-0.2, 0) is 23.6 Å². The summed E-state index contributed by atoms with van der Waals surface area (Å²) in [5.74, 6) is 0.967. The van der Waals surface area contributed by atoms with Crippen molar-refractivity contribution >= 4 is 18.9 Å². The van der Waals surface area contributed by atoms with Crippen LogP contribution in [0.4, 0.5) is 0 Å². The maximum Gasteiger partial charge on any atom is 0.481 e. The summed E-state index contributed by atoms with van der Waals surface area (Å²) in [4.78, 5) is 27.0. The van der Waals surface area contributed by atoms with E-state index >= 15 is 0 Å². The molecule has 4 atom stereocenters. The first-order valence-electron chi connectivity index (χ1n) is 11.5. The lowest BCUT2D eigenvalue weighted by Gasteiger charge is -2.53. The molecule has 0 aromatic rings. The largest absolute Gasteiger partial charge is 0.481 e. The first-order valence-corrected chi connectivity index (χ1v) is 11.5. The van der Waals surface area contributed by atoms with E-state index in [-0.39, 0.29) is 35.9 Å². The van der Waals surface area contributed by atoms with Gasteiger partial charge in [-0.15, -0.1) is 0 Å². The molecular weight excluding hydrogens is 385 g/mol. The summed E-state index contributed by atoms with van der Waals surface area (Å²) >= 11 is 0. The van der Waals surface area contributed by atoms with E-state index in [4.69, 9.17) is 19.8 Å². The summed E-state index contributed by atoms with van der Waals surface area (Å²) in [7, 11) is -0.465. The summed E-state index contributed by atoms with van der Waals surface area (Å²) in [5.41, 5.74) is 5.85. The van der Waals surface area contributed by atoms with Gasteiger partial charge in [-0.2, -0.15) is 0 Å². The Hall–Kier alpha value is -1.16. The van der Waals surface area contributed by atoms with Gasteiger partial charge in [-0.05, 0) is 50.4 Å². The summed E-state index contributed by atoms with van der Waals surface area (Å²) in [5, 5.41) is 3.04. The van der Waals surface area contributed by atoms with E-state index in [2.05, 4.69) is 26.1 Å². The third kappa shape index (κ3) is 4.40. The van der Waals surface area contributed by atoms with E-state index in [1.807, 2.05) is 0 Å². The Kier molecular flexibility index (Phi) is 6.44. The summed E-state index contributed by atoms with van der Waals surface area (Å²) in [6, 6.07) is -0.887. The minimum Gasteiger partial charge on any atom is -0.404 e. The lowest BCUT2D eigenvalue weighted by molar-refractivity contribution is -0.137. The first kappa shape index (κ1) is 22.1. The first-order chi connectivity index (χ1) is 14.3. The number of nitrogens with one attached hydrogen (secondary N) is 1. The van der Waals surface area contributed by atoms with E-state index in [0.717, 1.165) is 18.8 Å². The highest BCUT2D eigenvalue weighted by Crippen LogP contribution is 2.56. The molecule has 3 aliphatic carbocycles. The van der Waals surface area contributed by atoms with Crippen LogP contribution in [0.15, 0.2) is 0 Å². The Bertz CT molecular complexity index is 653. The third-order valence-corrected chi connectivity index (χ3v) is 7.38. The average molecular weight is 421 g/mol. The van der Waals surface area contributed by atoms with Gasteiger partial charge in [0.05, 0.1) is 43.3 Å². The summed E-state index contributed by atoms with van der Waals surface area (Å²) in [6.45, 7) is 8.55. The molecule has 2 saturated heterocycles. The van der Waals surface area contributed by atoms with Crippen molar-refractivity contribution in [3.63, 3.8) is 0 Å². The second-order valence-corrected chi connectivity index (χ2v) is 10.1. The number of nitrogens with zero attached hydrogens (tertiary/aromatic N) is 1. The van der Waals surface area contributed by atoms with Crippen molar-refractivity contribution in [2.24, 2.45) is 23.5 Å². The van der Waals surface area contributed by atoms with Gasteiger partial charge >= 0.3 is 7.12 Å². The lowest BCUT2D eigenvalue weighted by Crippen LogP contribution is -2.56. The van der Waals surface area contributed by atoms with Gasteiger partial charge in [0.25, 0.3) is 0 Å². The van der Waals surface area contributed by atoms with E-state index in [0.29, 0.717) is 38.1 Å². The summed E-state index contributed by atoms with van der Waals surface area (Å²) in [6.07, 6.45) is 4.31. The molecule has 0 aromatic heterocycles. The minimum atomic E-state index is -0.887. The third-order valence-electron chi connectivity index (χ3n) is 7.38. The molecule has 30 heavy (non-hydrogen) atoms. The molecule has 8 nitrogen and oxygen atoms in total. The van der Waals surface area contributed by atoms with Crippen LogP contribution < -0.4 is 11.1 Å². The average Bonchev–Trinajstić information content (AvgIpc) is 3.04. The molecule has 2 heterocycles. The monoisotopic (exact) mass is 421 g/mol. The molecule has 5 fully saturated rings. The molecule has 5 rings (SSSR count). The van der Waals surface area contributed by atoms with Gasteiger partial charge in [0.2, 0.25) is 11.8 Å². The molecule has 168 valence electrons. The minimum absolute atomic E-state index is 0.00327. The number of hydrogen-bond donors (Lipinski definition) is 2. The van der Waals surface area contributed by atoms with Crippen LogP contribution in [0.5, 0.6) is 0 Å². The van der Waals surface area contributed by atoms with Crippen molar-refractivity contribution in [1.82, 2.24) is 10.2 Å². The molecule has 9 heteroatoms. The highest BCUT2D eigenvalue weighted by atomic mass is 16.7. The zero-order valence-corrected chi connectivity index (χ0v) is 18.5. The molecule has 0 unspecified atom stereocenters. The quantitative estimate of drug-likeness (QED) is 0.588. The second kappa shape index (κ2) is 8.77. The van der Waals surface area contributed by atoms with Crippen molar-refractivity contribution < 1.29 is 23.6 Å². The molecule has 3 N–H and O–H groups in total. The van der Waals surface area contributed by atoms with Crippen LogP contribution in [0.3, 0.4) is 0 Å². The fourth-order valence-electron chi connectivity index (χ4n) is 5.43. The zero-order chi connectivity index (χ0) is 21.5. The zero-order valence-electron chi connectivity index (χ0n) is 18.5. The van der Waals surface area contributed by atoms with Gasteiger partial charge in [-0.3, -0.25) is 9.59 Å². The lowest BCUT2D eigenvalue weighted by atomic mass is 9.57. The Morgan fingerprint density at radius 3 is 2.57 bits per heavy atom. The van der Waals surface area contributed by atoms with Crippen molar-refractivity contribution in [3.8, 4) is 0 Å². The molecule has 0 radical (unpaired) electrons. The maximum atomic E-state index is 12.8. The molecule has 0 aromatic carbocycles. The van der Waals surface area contributed by atoms with Gasteiger partial charge in [-0.1, -0.05) is 13.8 Å². The number of hydrogen-bond acceptors (Lipinski definition) is 6. The van der Waals surface area contributed by atoms with Crippen molar-refractivity contribution in [1.29, 1.82) is 0 Å². The Morgan fingerprint density at radius 2 is 1.93 bits per heavy atom. The van der Waals surface area contributed by atoms with Gasteiger partial charge in [0, 0.05) is 13.1 Å².